The van der Waals surface area contributed by atoms with Gasteiger partial charge in [-0.25, -0.2) is 9.37 Å². The summed E-state index contributed by atoms with van der Waals surface area (Å²) in [4.78, 5) is 21.2. The second-order valence-corrected chi connectivity index (χ2v) is 6.64. The molecule has 32 heavy (non-hydrogen) atoms. The molecular weight excluding hydrogens is 417 g/mol. The summed E-state index contributed by atoms with van der Waals surface area (Å²) >= 11 is 0. The molecule has 0 radical (unpaired) electrons. The Morgan fingerprint density at radius 1 is 1.00 bits per heavy atom. The molecule has 3 aromatic rings. The minimum Gasteiger partial charge on any atom is -0.493 e. The largest absolute Gasteiger partial charge is 0.493 e. The SMILES string of the molecule is CCc1cc(OCC(=O)Nc2cc(OC)c(OC)c(OC)c2)nc(-c2cccc(F)c2)n1. The van der Waals surface area contributed by atoms with Crippen LogP contribution in [0.25, 0.3) is 11.4 Å². The standard InChI is InChI=1S/C23H24FN3O5/c1-5-16-12-21(27-23(26-16)14-7-6-8-15(24)9-14)32-13-20(28)25-17-10-18(29-2)22(31-4)19(11-17)30-3/h6-12H,5,13H2,1-4H3,(H,25,28). The Hall–Kier alpha value is -3.88. The number of nitrogens with zero attached hydrogens (tertiary/aromatic N) is 2. The predicted molar refractivity (Wildman–Crippen MR) is 117 cm³/mol. The Balaban J connectivity index is 1.74. The van der Waals surface area contributed by atoms with E-state index in [1.165, 1.54) is 33.5 Å². The zero-order valence-electron chi connectivity index (χ0n) is 18.3. The smallest absolute Gasteiger partial charge is 0.262 e. The molecule has 0 saturated carbocycles. The van der Waals surface area contributed by atoms with Crippen LogP contribution < -0.4 is 24.3 Å². The number of hydrogen-bond donors (Lipinski definition) is 1. The van der Waals surface area contributed by atoms with Crippen LogP contribution in [0.4, 0.5) is 10.1 Å². The number of carbonyl (C=O) groups excluding carboxylic acids is 1. The summed E-state index contributed by atoms with van der Waals surface area (Å²) in [5.74, 6) is 0.975. The Morgan fingerprint density at radius 2 is 1.72 bits per heavy atom. The van der Waals surface area contributed by atoms with Crippen LogP contribution in [0.3, 0.4) is 0 Å². The number of benzene rings is 2. The molecule has 0 aliphatic heterocycles. The van der Waals surface area contributed by atoms with E-state index in [1.54, 1.807) is 30.3 Å². The van der Waals surface area contributed by atoms with Crippen LogP contribution in [0.5, 0.6) is 23.1 Å². The van der Waals surface area contributed by atoms with E-state index in [-0.39, 0.29) is 18.3 Å². The summed E-state index contributed by atoms with van der Waals surface area (Å²) < 4.78 is 35.0. The molecule has 1 heterocycles. The molecule has 1 N–H and O–H groups in total. The first-order chi connectivity index (χ1) is 15.5. The summed E-state index contributed by atoms with van der Waals surface area (Å²) in [6, 6.07) is 10.8. The van der Waals surface area contributed by atoms with Crippen molar-refractivity contribution in [1.29, 1.82) is 0 Å². The summed E-state index contributed by atoms with van der Waals surface area (Å²) in [6.45, 7) is 1.64. The van der Waals surface area contributed by atoms with Gasteiger partial charge in [-0.05, 0) is 18.6 Å². The number of methoxy groups -OCH3 is 3. The van der Waals surface area contributed by atoms with Gasteiger partial charge in [0.15, 0.2) is 23.9 Å². The second kappa shape index (κ2) is 10.4. The number of aromatic nitrogens is 2. The normalized spacial score (nSPS) is 10.4. The average Bonchev–Trinajstić information content (AvgIpc) is 2.81. The van der Waals surface area contributed by atoms with Crippen LogP contribution in [-0.4, -0.2) is 43.8 Å². The van der Waals surface area contributed by atoms with Crippen molar-refractivity contribution in [3.8, 4) is 34.5 Å². The summed E-state index contributed by atoms with van der Waals surface area (Å²) in [6.07, 6.45) is 0.624. The van der Waals surface area contributed by atoms with Gasteiger partial charge in [0.2, 0.25) is 11.6 Å². The zero-order valence-corrected chi connectivity index (χ0v) is 18.3. The van der Waals surface area contributed by atoms with Crippen LogP contribution in [-0.2, 0) is 11.2 Å². The zero-order chi connectivity index (χ0) is 23.1. The maximum absolute atomic E-state index is 13.6. The topological polar surface area (TPSA) is 91.8 Å². The highest BCUT2D eigenvalue weighted by Gasteiger charge is 2.15. The van der Waals surface area contributed by atoms with Crippen molar-refractivity contribution >= 4 is 11.6 Å². The maximum atomic E-state index is 13.6. The van der Waals surface area contributed by atoms with Crippen molar-refractivity contribution < 1.29 is 28.1 Å². The van der Waals surface area contributed by atoms with E-state index in [1.807, 2.05) is 6.92 Å². The molecule has 9 heteroatoms. The molecule has 0 atom stereocenters. The van der Waals surface area contributed by atoms with E-state index in [4.69, 9.17) is 18.9 Å². The van der Waals surface area contributed by atoms with E-state index in [9.17, 15) is 9.18 Å². The summed E-state index contributed by atoms with van der Waals surface area (Å²) in [5.41, 5.74) is 1.68. The predicted octanol–water partition coefficient (Wildman–Crippen LogP) is 3.89. The van der Waals surface area contributed by atoms with Crippen molar-refractivity contribution in [3.05, 3.63) is 54.0 Å². The van der Waals surface area contributed by atoms with E-state index in [0.29, 0.717) is 46.4 Å². The van der Waals surface area contributed by atoms with Crippen molar-refractivity contribution in [1.82, 2.24) is 9.97 Å². The molecule has 0 aliphatic rings. The molecule has 8 nitrogen and oxygen atoms in total. The van der Waals surface area contributed by atoms with Gasteiger partial charge >= 0.3 is 0 Å². The number of anilines is 1. The van der Waals surface area contributed by atoms with Crippen molar-refractivity contribution in [2.45, 2.75) is 13.3 Å². The Kier molecular flexibility index (Phi) is 7.43. The molecule has 0 aliphatic carbocycles. The van der Waals surface area contributed by atoms with Crippen LogP contribution >= 0.6 is 0 Å². The lowest BCUT2D eigenvalue weighted by Crippen LogP contribution is -2.20. The third kappa shape index (κ3) is 5.42. The first kappa shape index (κ1) is 22.8. The average molecular weight is 441 g/mol. The monoisotopic (exact) mass is 441 g/mol. The molecular formula is C23H24FN3O5. The van der Waals surface area contributed by atoms with Gasteiger partial charge in [0.05, 0.1) is 21.3 Å². The van der Waals surface area contributed by atoms with E-state index >= 15 is 0 Å². The molecule has 0 bridgehead atoms. The lowest BCUT2D eigenvalue weighted by molar-refractivity contribution is -0.118. The first-order valence-electron chi connectivity index (χ1n) is 9.84. The molecule has 2 aromatic carbocycles. The number of hydrogen-bond acceptors (Lipinski definition) is 7. The van der Waals surface area contributed by atoms with Gasteiger partial charge in [-0.2, -0.15) is 4.98 Å². The minimum absolute atomic E-state index is 0.219. The highest BCUT2D eigenvalue weighted by atomic mass is 19.1. The Labute approximate surface area is 185 Å². The molecule has 0 spiro atoms. The van der Waals surface area contributed by atoms with Gasteiger partial charge in [0.1, 0.15) is 5.82 Å². The summed E-state index contributed by atoms with van der Waals surface area (Å²) in [5, 5.41) is 2.72. The van der Waals surface area contributed by atoms with E-state index in [0.717, 1.165) is 0 Å². The highest BCUT2D eigenvalue weighted by molar-refractivity contribution is 5.92. The quantitative estimate of drug-likeness (QED) is 0.539. The number of ether oxygens (including phenoxy) is 4. The Morgan fingerprint density at radius 3 is 2.31 bits per heavy atom. The molecule has 3 rings (SSSR count). The lowest BCUT2D eigenvalue weighted by atomic mass is 10.2. The van der Waals surface area contributed by atoms with Gasteiger partial charge in [-0.15, -0.1) is 0 Å². The van der Waals surface area contributed by atoms with Gasteiger partial charge in [0, 0.05) is 35.1 Å². The lowest BCUT2D eigenvalue weighted by Gasteiger charge is -2.15. The fourth-order valence-electron chi connectivity index (χ4n) is 2.97. The van der Waals surface area contributed by atoms with Crippen molar-refractivity contribution in [2.75, 3.05) is 33.3 Å². The van der Waals surface area contributed by atoms with Crippen LogP contribution in [0.1, 0.15) is 12.6 Å². The van der Waals surface area contributed by atoms with Crippen LogP contribution in [0.15, 0.2) is 42.5 Å². The molecule has 0 fully saturated rings. The van der Waals surface area contributed by atoms with Gasteiger partial charge in [0.25, 0.3) is 5.91 Å². The number of rotatable bonds is 9. The minimum atomic E-state index is -0.414. The van der Waals surface area contributed by atoms with Gasteiger partial charge < -0.3 is 24.3 Å². The van der Waals surface area contributed by atoms with Crippen LogP contribution in [0, 0.1) is 5.82 Å². The molecule has 1 amide bonds. The van der Waals surface area contributed by atoms with E-state index in [2.05, 4.69) is 15.3 Å². The molecule has 1 aromatic heterocycles. The van der Waals surface area contributed by atoms with E-state index < -0.39 is 5.91 Å². The number of carbonyl (C=O) groups is 1. The number of amides is 1. The number of aryl methyl sites for hydroxylation is 1. The maximum Gasteiger partial charge on any atom is 0.262 e. The molecule has 0 saturated heterocycles. The fourth-order valence-corrected chi connectivity index (χ4v) is 2.97. The summed E-state index contributed by atoms with van der Waals surface area (Å²) in [7, 11) is 4.47. The molecule has 0 unspecified atom stereocenters. The fraction of sp³-hybridized carbons (Fsp3) is 0.261. The first-order valence-corrected chi connectivity index (χ1v) is 9.84. The number of halogens is 1. The van der Waals surface area contributed by atoms with Gasteiger partial charge in [-0.1, -0.05) is 19.1 Å². The third-order valence-electron chi connectivity index (χ3n) is 4.50. The van der Waals surface area contributed by atoms with Crippen molar-refractivity contribution in [2.24, 2.45) is 0 Å². The van der Waals surface area contributed by atoms with Crippen LogP contribution in [0.2, 0.25) is 0 Å². The van der Waals surface area contributed by atoms with Gasteiger partial charge in [-0.3, -0.25) is 4.79 Å². The molecule has 168 valence electrons. The number of nitrogens with one attached hydrogen (secondary N) is 1. The van der Waals surface area contributed by atoms with Crippen molar-refractivity contribution in [3.63, 3.8) is 0 Å². The highest BCUT2D eigenvalue weighted by Crippen LogP contribution is 2.39. The Bertz CT molecular complexity index is 1080. The third-order valence-corrected chi connectivity index (χ3v) is 4.50. The second-order valence-electron chi connectivity index (χ2n) is 6.64.